The van der Waals surface area contributed by atoms with Gasteiger partial charge in [0.25, 0.3) is 0 Å². The van der Waals surface area contributed by atoms with Crippen molar-refractivity contribution < 1.29 is 0 Å². The van der Waals surface area contributed by atoms with Crippen LogP contribution in [0.25, 0.3) is 33.0 Å². The molecule has 0 nitrogen and oxygen atoms in total. The fourth-order valence-electron chi connectivity index (χ4n) is 2.84. The first kappa shape index (κ1) is 10.8. The summed E-state index contributed by atoms with van der Waals surface area (Å²) in [7, 11) is 0. The van der Waals surface area contributed by atoms with Crippen molar-refractivity contribution in [1.82, 2.24) is 0 Å². The van der Waals surface area contributed by atoms with Crippen LogP contribution in [0.5, 0.6) is 0 Å². The molecule has 0 spiro atoms. The molecule has 1 aliphatic rings. The van der Waals surface area contributed by atoms with Crippen LogP contribution in [0.4, 0.5) is 0 Å². The van der Waals surface area contributed by atoms with Gasteiger partial charge in [-0.15, -0.1) is 0 Å². The van der Waals surface area contributed by atoms with Crippen LogP contribution >= 0.6 is 31.9 Å². The third kappa shape index (κ3) is 1.25. The van der Waals surface area contributed by atoms with Gasteiger partial charge in [0, 0.05) is 20.1 Å². The van der Waals surface area contributed by atoms with E-state index in [0.29, 0.717) is 0 Å². The first-order valence-corrected chi connectivity index (χ1v) is 7.36. The topological polar surface area (TPSA) is 0 Å². The summed E-state index contributed by atoms with van der Waals surface area (Å²) < 4.78 is 2.31. The highest BCUT2D eigenvalue weighted by Gasteiger charge is 2.24. The lowest BCUT2D eigenvalue weighted by atomic mass is 10.0. The van der Waals surface area contributed by atoms with Gasteiger partial charge >= 0.3 is 0 Å². The fourth-order valence-corrected chi connectivity index (χ4v) is 3.92. The highest BCUT2D eigenvalue weighted by atomic mass is 79.9. The van der Waals surface area contributed by atoms with Crippen molar-refractivity contribution in [3.63, 3.8) is 0 Å². The maximum Gasteiger partial charge on any atom is 0.0261 e. The third-order valence-corrected chi connectivity index (χ3v) is 4.87. The van der Waals surface area contributed by atoms with Crippen molar-refractivity contribution in [3.8, 4) is 22.3 Å². The number of fused-ring (bicyclic) bond motifs is 3. The molecule has 1 aliphatic carbocycles. The first-order valence-electron chi connectivity index (χ1n) is 5.78. The fraction of sp³-hybridized carbons (Fsp3) is 0. The molecular formula is C16H8Br2. The Bertz CT molecular complexity index is 740. The second kappa shape index (κ2) is 3.69. The highest BCUT2D eigenvalue weighted by molar-refractivity contribution is 9.11. The molecule has 86 valence electrons. The van der Waals surface area contributed by atoms with E-state index in [9.17, 15) is 0 Å². The Labute approximate surface area is 122 Å². The van der Waals surface area contributed by atoms with E-state index in [-0.39, 0.29) is 0 Å². The van der Waals surface area contributed by atoms with Gasteiger partial charge in [-0.1, -0.05) is 68.3 Å². The van der Waals surface area contributed by atoms with E-state index in [1.165, 1.54) is 33.0 Å². The quantitative estimate of drug-likeness (QED) is 0.360. The van der Waals surface area contributed by atoms with Crippen LogP contribution in [0.3, 0.4) is 0 Å². The molecule has 0 bridgehead atoms. The Morgan fingerprint density at radius 1 is 0.611 bits per heavy atom. The van der Waals surface area contributed by atoms with Crippen molar-refractivity contribution in [2.75, 3.05) is 0 Å². The summed E-state index contributed by atoms with van der Waals surface area (Å²) in [4.78, 5) is 0. The average Bonchev–Trinajstić information content (AvgIpc) is 2.73. The van der Waals surface area contributed by atoms with Gasteiger partial charge in [-0.05, 0) is 34.0 Å². The minimum atomic E-state index is 1.16. The molecule has 0 saturated carbocycles. The zero-order valence-electron chi connectivity index (χ0n) is 9.37. The summed E-state index contributed by atoms with van der Waals surface area (Å²) in [5, 5.41) is 2.67. The SMILES string of the molecule is Brc1ccc(Br)c2c1-c1cccc3cccc-2c13. The number of rotatable bonds is 0. The predicted molar refractivity (Wildman–Crippen MR) is 83.8 cm³/mol. The summed E-state index contributed by atoms with van der Waals surface area (Å²) >= 11 is 7.37. The number of hydrogen-bond donors (Lipinski definition) is 0. The van der Waals surface area contributed by atoms with E-state index in [1.54, 1.807) is 0 Å². The van der Waals surface area contributed by atoms with Crippen LogP contribution < -0.4 is 0 Å². The Hall–Kier alpha value is -1.12. The molecule has 0 heterocycles. The van der Waals surface area contributed by atoms with Gasteiger partial charge in [0.15, 0.2) is 0 Å². The molecule has 3 aromatic carbocycles. The van der Waals surface area contributed by atoms with E-state index < -0.39 is 0 Å². The summed E-state index contributed by atoms with van der Waals surface area (Å²) in [6.45, 7) is 0. The Kier molecular flexibility index (Phi) is 2.21. The molecule has 0 amide bonds. The maximum absolute atomic E-state index is 3.68. The van der Waals surface area contributed by atoms with Crippen LogP contribution in [0.2, 0.25) is 0 Å². The molecule has 2 heteroatoms. The lowest BCUT2D eigenvalue weighted by molar-refractivity contribution is 1.60. The highest BCUT2D eigenvalue weighted by Crippen LogP contribution is 2.52. The summed E-state index contributed by atoms with van der Waals surface area (Å²) in [5.41, 5.74) is 5.25. The van der Waals surface area contributed by atoms with Crippen molar-refractivity contribution in [3.05, 3.63) is 57.5 Å². The van der Waals surface area contributed by atoms with Gasteiger partial charge in [-0.3, -0.25) is 0 Å². The Morgan fingerprint density at radius 2 is 1.11 bits per heavy atom. The standard InChI is InChI=1S/C16H8Br2/c17-12-7-8-13(18)16-11-6-2-4-9-3-1-5-10(14(9)11)15(12)16/h1-8H. The van der Waals surface area contributed by atoms with Crippen LogP contribution in [0.15, 0.2) is 57.5 Å². The van der Waals surface area contributed by atoms with Gasteiger partial charge in [0.2, 0.25) is 0 Å². The second-order valence-electron chi connectivity index (χ2n) is 4.49. The van der Waals surface area contributed by atoms with Gasteiger partial charge in [0.1, 0.15) is 0 Å². The minimum absolute atomic E-state index is 1.16. The maximum atomic E-state index is 3.68. The molecule has 0 aliphatic heterocycles. The van der Waals surface area contributed by atoms with Gasteiger partial charge in [0.05, 0.1) is 0 Å². The number of benzene rings is 3. The van der Waals surface area contributed by atoms with Crippen LogP contribution in [0, 0.1) is 0 Å². The summed E-state index contributed by atoms with van der Waals surface area (Å²) in [5.74, 6) is 0. The molecule has 0 aromatic heterocycles. The van der Waals surface area contributed by atoms with Crippen LogP contribution in [-0.2, 0) is 0 Å². The number of hydrogen-bond acceptors (Lipinski definition) is 0. The molecular weight excluding hydrogens is 352 g/mol. The molecule has 0 atom stereocenters. The van der Waals surface area contributed by atoms with Crippen molar-refractivity contribution in [2.45, 2.75) is 0 Å². The Balaban J connectivity index is 2.31. The first-order chi connectivity index (χ1) is 8.77. The lowest BCUT2D eigenvalue weighted by Crippen LogP contribution is -1.80. The molecule has 0 fully saturated rings. The van der Waals surface area contributed by atoms with E-state index in [0.717, 1.165) is 8.95 Å². The zero-order valence-corrected chi connectivity index (χ0v) is 12.5. The molecule has 3 aromatic rings. The predicted octanol–water partition coefficient (Wildman–Crippen LogP) is 6.01. The van der Waals surface area contributed by atoms with E-state index in [1.807, 2.05) is 0 Å². The summed E-state index contributed by atoms with van der Waals surface area (Å²) in [6, 6.07) is 17.2. The van der Waals surface area contributed by atoms with Gasteiger partial charge in [-0.2, -0.15) is 0 Å². The third-order valence-electron chi connectivity index (χ3n) is 3.55. The molecule has 0 unspecified atom stereocenters. The second-order valence-corrected chi connectivity index (χ2v) is 6.20. The monoisotopic (exact) mass is 358 g/mol. The largest absolute Gasteiger partial charge is 0.0610 e. The van der Waals surface area contributed by atoms with E-state index in [2.05, 4.69) is 80.4 Å². The van der Waals surface area contributed by atoms with E-state index >= 15 is 0 Å². The molecule has 0 N–H and O–H groups in total. The van der Waals surface area contributed by atoms with Crippen molar-refractivity contribution in [1.29, 1.82) is 0 Å². The average molecular weight is 360 g/mol. The van der Waals surface area contributed by atoms with Crippen LogP contribution in [0.1, 0.15) is 0 Å². The lowest BCUT2D eigenvalue weighted by Gasteiger charge is -2.06. The number of halogens is 2. The minimum Gasteiger partial charge on any atom is -0.0610 e. The smallest absolute Gasteiger partial charge is 0.0261 e. The van der Waals surface area contributed by atoms with Crippen molar-refractivity contribution >= 4 is 42.6 Å². The zero-order chi connectivity index (χ0) is 12.3. The molecule has 0 saturated heterocycles. The van der Waals surface area contributed by atoms with Gasteiger partial charge in [-0.25, -0.2) is 0 Å². The Morgan fingerprint density at radius 3 is 1.61 bits per heavy atom. The molecule has 0 radical (unpaired) electrons. The normalized spacial score (nSPS) is 11.9. The van der Waals surface area contributed by atoms with E-state index in [4.69, 9.17) is 0 Å². The van der Waals surface area contributed by atoms with Crippen LogP contribution in [-0.4, -0.2) is 0 Å². The van der Waals surface area contributed by atoms with Gasteiger partial charge < -0.3 is 0 Å². The van der Waals surface area contributed by atoms with Crippen molar-refractivity contribution in [2.24, 2.45) is 0 Å². The molecule has 18 heavy (non-hydrogen) atoms. The molecule has 4 rings (SSSR count). The summed E-state index contributed by atoms with van der Waals surface area (Å²) in [6.07, 6.45) is 0.